The van der Waals surface area contributed by atoms with Gasteiger partial charge in [-0.25, -0.2) is 0 Å². The fourth-order valence-electron chi connectivity index (χ4n) is 4.17. The predicted octanol–water partition coefficient (Wildman–Crippen LogP) is 3.78. The molecule has 2 aromatic heterocycles. The number of hydrogen-bond donors (Lipinski definition) is 1. The zero-order chi connectivity index (χ0) is 19.4. The highest BCUT2D eigenvalue weighted by Crippen LogP contribution is 2.28. The van der Waals surface area contributed by atoms with Crippen molar-refractivity contribution >= 4 is 27.3 Å². The third-order valence-corrected chi connectivity index (χ3v) is 6.66. The number of nitrogens with zero attached hydrogens (tertiary/aromatic N) is 2. The van der Waals surface area contributed by atoms with Gasteiger partial charge in [0.05, 0.1) is 10.9 Å². The van der Waals surface area contributed by atoms with Crippen LogP contribution >= 0.6 is 11.3 Å². The monoisotopic (exact) mass is 389 g/mol. The molecule has 2 aromatic rings. The maximum atomic E-state index is 12.9. The lowest BCUT2D eigenvalue weighted by Crippen LogP contribution is -2.43. The number of carbonyl (C=O) groups excluding carboxylic acids is 1. The number of piperidine rings is 1. The lowest BCUT2D eigenvalue weighted by atomic mass is 10.0. The smallest absolute Gasteiger partial charge is 0.260 e. The normalized spacial score (nSPS) is 18.1. The highest BCUT2D eigenvalue weighted by Gasteiger charge is 2.22. The summed E-state index contributed by atoms with van der Waals surface area (Å²) in [6, 6.07) is 2.60. The van der Waals surface area contributed by atoms with Crippen LogP contribution in [-0.4, -0.2) is 41.1 Å². The average Bonchev–Trinajstić information content (AvgIpc) is 3.01. The molecule has 1 aliphatic heterocycles. The van der Waals surface area contributed by atoms with Gasteiger partial charge in [0.1, 0.15) is 0 Å². The summed E-state index contributed by atoms with van der Waals surface area (Å²) in [6.07, 6.45) is 7.72. The van der Waals surface area contributed by atoms with Gasteiger partial charge in [-0.15, -0.1) is 11.3 Å². The summed E-state index contributed by atoms with van der Waals surface area (Å²) in [7, 11) is 0. The number of likely N-dealkylation sites (tertiary alicyclic amines) is 1. The Hall–Kier alpha value is -1.66. The van der Waals surface area contributed by atoms with E-state index in [9.17, 15) is 9.59 Å². The van der Waals surface area contributed by atoms with Crippen molar-refractivity contribution in [1.82, 2.24) is 14.8 Å². The first kappa shape index (κ1) is 20.1. The third kappa shape index (κ3) is 4.27. The molecule has 1 N–H and O–H groups in total. The molecule has 0 spiro atoms. The van der Waals surface area contributed by atoms with Gasteiger partial charge in [0.25, 0.3) is 11.5 Å². The number of thiophene rings is 1. The molecule has 0 aromatic carbocycles. The van der Waals surface area contributed by atoms with Crippen molar-refractivity contribution in [3.8, 4) is 0 Å². The molecule has 1 atom stereocenters. The molecular formula is C21H31N3O2S. The molecule has 148 valence electrons. The number of aromatic nitrogens is 1. The second kappa shape index (κ2) is 9.02. The lowest BCUT2D eigenvalue weighted by molar-refractivity contribution is 0.0935. The van der Waals surface area contributed by atoms with Crippen LogP contribution in [0, 0.1) is 6.92 Å². The molecule has 0 saturated carbocycles. The Morgan fingerprint density at radius 1 is 1.30 bits per heavy atom. The molecule has 1 saturated heterocycles. The lowest BCUT2D eigenvalue weighted by Gasteiger charge is -2.35. The van der Waals surface area contributed by atoms with Crippen LogP contribution < -0.4 is 10.9 Å². The van der Waals surface area contributed by atoms with Crippen molar-refractivity contribution in [2.24, 2.45) is 0 Å². The number of carbonyl (C=O) groups is 1. The van der Waals surface area contributed by atoms with Gasteiger partial charge < -0.3 is 9.88 Å². The summed E-state index contributed by atoms with van der Waals surface area (Å²) in [4.78, 5) is 29.1. The highest BCUT2D eigenvalue weighted by atomic mass is 32.1. The number of fused-ring (bicyclic) bond motifs is 1. The number of nitrogens with one attached hydrogen (secondary N) is 1. The fourth-order valence-corrected chi connectivity index (χ4v) is 5.22. The van der Waals surface area contributed by atoms with Gasteiger partial charge in [0, 0.05) is 41.5 Å². The maximum absolute atomic E-state index is 12.9. The van der Waals surface area contributed by atoms with Gasteiger partial charge in [0.2, 0.25) is 0 Å². The molecule has 1 amide bonds. The Labute approximate surface area is 165 Å². The largest absolute Gasteiger partial charge is 0.351 e. The molecule has 5 nitrogen and oxygen atoms in total. The summed E-state index contributed by atoms with van der Waals surface area (Å²) in [5.74, 6) is -0.116. The van der Waals surface area contributed by atoms with Crippen molar-refractivity contribution in [2.75, 3.05) is 19.6 Å². The fraction of sp³-hybridized carbons (Fsp3) is 0.619. The molecule has 0 bridgehead atoms. The number of pyridine rings is 1. The van der Waals surface area contributed by atoms with Crippen LogP contribution in [0.25, 0.3) is 10.1 Å². The summed E-state index contributed by atoms with van der Waals surface area (Å²) < 4.78 is 2.61. The molecule has 1 fully saturated rings. The van der Waals surface area contributed by atoms with Gasteiger partial charge in [-0.3, -0.25) is 14.5 Å². The Morgan fingerprint density at radius 3 is 2.85 bits per heavy atom. The van der Waals surface area contributed by atoms with E-state index in [1.54, 1.807) is 4.57 Å². The van der Waals surface area contributed by atoms with Crippen LogP contribution in [0.15, 0.2) is 17.1 Å². The standard InChI is InChI=1S/C21H31N3O2S/c1-4-11-24-13-9-17-19(21(24)26)18(15(3)27-17)20(25)22-10-14-23-12-7-6-8-16(23)5-2/h9,13,16H,4-8,10-12,14H2,1-3H3,(H,22,25). The number of rotatable bonds is 7. The topological polar surface area (TPSA) is 54.3 Å². The first-order valence-electron chi connectivity index (χ1n) is 10.2. The molecule has 3 heterocycles. The van der Waals surface area contributed by atoms with Crippen molar-refractivity contribution in [3.63, 3.8) is 0 Å². The Kier molecular flexibility index (Phi) is 6.71. The molecule has 6 heteroatoms. The molecule has 1 aliphatic rings. The zero-order valence-corrected chi connectivity index (χ0v) is 17.5. The minimum absolute atomic E-state index is 0.0501. The number of aryl methyl sites for hydroxylation is 2. The van der Waals surface area contributed by atoms with Gasteiger partial charge in [-0.2, -0.15) is 0 Å². The Morgan fingerprint density at radius 2 is 2.11 bits per heavy atom. The van der Waals surface area contributed by atoms with Crippen LogP contribution in [0.2, 0.25) is 0 Å². The van der Waals surface area contributed by atoms with E-state index in [0.29, 0.717) is 30.1 Å². The van der Waals surface area contributed by atoms with E-state index in [1.807, 2.05) is 26.1 Å². The van der Waals surface area contributed by atoms with E-state index in [-0.39, 0.29) is 11.5 Å². The van der Waals surface area contributed by atoms with Crippen LogP contribution in [0.5, 0.6) is 0 Å². The minimum Gasteiger partial charge on any atom is -0.351 e. The Bertz CT molecular complexity index is 855. The predicted molar refractivity (Wildman–Crippen MR) is 113 cm³/mol. The minimum atomic E-state index is -0.116. The van der Waals surface area contributed by atoms with E-state index in [0.717, 1.165) is 29.1 Å². The van der Waals surface area contributed by atoms with Gasteiger partial charge in [-0.1, -0.05) is 20.3 Å². The molecular weight excluding hydrogens is 358 g/mol. The van der Waals surface area contributed by atoms with Crippen molar-refractivity contribution in [2.45, 2.75) is 65.5 Å². The van der Waals surface area contributed by atoms with E-state index < -0.39 is 0 Å². The van der Waals surface area contributed by atoms with Crippen molar-refractivity contribution < 1.29 is 4.79 Å². The van der Waals surface area contributed by atoms with Gasteiger partial charge in [-0.05, 0) is 45.2 Å². The third-order valence-electron chi connectivity index (χ3n) is 5.59. The summed E-state index contributed by atoms with van der Waals surface area (Å²) in [5, 5.41) is 3.65. The maximum Gasteiger partial charge on any atom is 0.260 e. The summed E-state index contributed by atoms with van der Waals surface area (Å²) >= 11 is 1.53. The molecule has 0 radical (unpaired) electrons. The van der Waals surface area contributed by atoms with Crippen molar-refractivity contribution in [3.05, 3.63) is 33.1 Å². The van der Waals surface area contributed by atoms with Crippen LogP contribution in [-0.2, 0) is 6.54 Å². The highest BCUT2D eigenvalue weighted by molar-refractivity contribution is 7.19. The van der Waals surface area contributed by atoms with E-state index in [2.05, 4.69) is 17.1 Å². The number of amides is 1. The van der Waals surface area contributed by atoms with E-state index >= 15 is 0 Å². The molecule has 1 unspecified atom stereocenters. The van der Waals surface area contributed by atoms with Gasteiger partial charge in [0.15, 0.2) is 0 Å². The first-order chi connectivity index (χ1) is 13.1. The van der Waals surface area contributed by atoms with Gasteiger partial charge >= 0.3 is 0 Å². The zero-order valence-electron chi connectivity index (χ0n) is 16.7. The summed E-state index contributed by atoms with van der Waals surface area (Å²) in [5.41, 5.74) is 0.516. The second-order valence-corrected chi connectivity index (χ2v) is 8.69. The summed E-state index contributed by atoms with van der Waals surface area (Å²) in [6.45, 7) is 9.53. The van der Waals surface area contributed by atoms with Crippen LogP contribution in [0.3, 0.4) is 0 Å². The van der Waals surface area contributed by atoms with E-state index in [4.69, 9.17) is 0 Å². The quantitative estimate of drug-likeness (QED) is 0.784. The van der Waals surface area contributed by atoms with Crippen molar-refractivity contribution in [1.29, 1.82) is 0 Å². The SMILES string of the molecule is CCCn1ccc2sc(C)c(C(=O)NCCN3CCCCC3CC)c2c1=O. The first-order valence-corrected chi connectivity index (χ1v) is 11.0. The molecule has 27 heavy (non-hydrogen) atoms. The molecule has 3 rings (SSSR count). The molecule has 0 aliphatic carbocycles. The average molecular weight is 390 g/mol. The number of hydrogen-bond acceptors (Lipinski definition) is 4. The van der Waals surface area contributed by atoms with Crippen LogP contribution in [0.1, 0.15) is 61.2 Å². The Balaban J connectivity index is 1.74. The van der Waals surface area contributed by atoms with Crippen LogP contribution in [0.4, 0.5) is 0 Å². The second-order valence-electron chi connectivity index (χ2n) is 7.44. The van der Waals surface area contributed by atoms with E-state index in [1.165, 1.54) is 37.0 Å².